The minimum absolute atomic E-state index is 0.0129. The lowest BCUT2D eigenvalue weighted by atomic mass is 9.88. The Kier molecular flexibility index (Phi) is 6.10. The number of likely N-dealkylation sites (N-methyl/N-ethyl adjacent to an activating group) is 1. The van der Waals surface area contributed by atoms with Gasteiger partial charge in [0.2, 0.25) is 11.8 Å². The Balaban J connectivity index is 2.09. The number of nitrogens with one attached hydrogen (secondary N) is 1. The van der Waals surface area contributed by atoms with E-state index < -0.39 is 5.54 Å². The molecule has 1 atom stereocenters. The van der Waals surface area contributed by atoms with Crippen molar-refractivity contribution in [2.24, 2.45) is 0 Å². The Bertz CT molecular complexity index is 535. The number of likely N-dealkylation sites (tertiary alicyclic amines) is 1. The summed E-state index contributed by atoms with van der Waals surface area (Å²) in [6.07, 6.45) is 5.55. The van der Waals surface area contributed by atoms with Crippen LogP contribution in [0.15, 0.2) is 24.4 Å². The fourth-order valence-corrected chi connectivity index (χ4v) is 3.39. The van der Waals surface area contributed by atoms with Crippen molar-refractivity contribution < 1.29 is 14.3 Å². The maximum atomic E-state index is 12.5. The van der Waals surface area contributed by atoms with Crippen LogP contribution >= 0.6 is 0 Å². The molecule has 6 nitrogen and oxygen atoms in total. The number of carbonyl (C=O) groups excluding carboxylic acids is 2. The topological polar surface area (TPSA) is 71.5 Å². The molecule has 1 N–H and O–H groups in total. The number of carbonyl (C=O) groups is 2. The van der Waals surface area contributed by atoms with Crippen molar-refractivity contribution in [1.29, 1.82) is 0 Å². The van der Waals surface area contributed by atoms with E-state index in [0.717, 1.165) is 25.0 Å². The molecule has 0 spiro atoms. The first-order valence-corrected chi connectivity index (χ1v) is 8.05. The number of hydrogen-bond donors (Lipinski definition) is 1. The lowest BCUT2D eigenvalue weighted by Crippen LogP contribution is -2.57. The first-order chi connectivity index (χ1) is 11.1. The number of rotatable bonds is 7. The molecule has 0 unspecified atom stereocenters. The van der Waals surface area contributed by atoms with E-state index in [1.807, 2.05) is 18.2 Å². The molecule has 0 bridgehead atoms. The van der Waals surface area contributed by atoms with E-state index in [1.54, 1.807) is 18.1 Å². The lowest BCUT2D eigenvalue weighted by Gasteiger charge is -2.37. The van der Waals surface area contributed by atoms with Crippen LogP contribution in [0.4, 0.5) is 0 Å². The molecule has 6 heteroatoms. The van der Waals surface area contributed by atoms with Crippen molar-refractivity contribution in [3.8, 4) is 0 Å². The second kappa shape index (κ2) is 8.06. The molecular weight excluding hydrogens is 294 g/mol. The summed E-state index contributed by atoms with van der Waals surface area (Å²) in [5.74, 6) is -0.202. The fourth-order valence-electron chi connectivity index (χ4n) is 3.39. The quantitative estimate of drug-likeness (QED) is 0.818. The highest BCUT2D eigenvalue weighted by Crippen LogP contribution is 2.34. The normalized spacial score (nSPS) is 20.5. The van der Waals surface area contributed by atoms with Gasteiger partial charge in [0.25, 0.3) is 0 Å². The van der Waals surface area contributed by atoms with E-state index in [4.69, 9.17) is 4.74 Å². The maximum absolute atomic E-state index is 12.5. The van der Waals surface area contributed by atoms with Gasteiger partial charge in [0.05, 0.1) is 0 Å². The summed E-state index contributed by atoms with van der Waals surface area (Å²) < 4.78 is 4.96. The van der Waals surface area contributed by atoms with Crippen LogP contribution in [0.5, 0.6) is 0 Å². The Morgan fingerprint density at radius 2 is 2.26 bits per heavy atom. The number of amides is 2. The number of methoxy groups -OCH3 is 1. The fraction of sp³-hybridized carbons (Fsp3) is 0.588. The number of aromatic nitrogens is 1. The highest BCUT2D eigenvalue weighted by molar-refractivity contribution is 5.92. The molecule has 1 aliphatic heterocycles. The van der Waals surface area contributed by atoms with Gasteiger partial charge in [-0.05, 0) is 44.2 Å². The van der Waals surface area contributed by atoms with Crippen molar-refractivity contribution in [2.45, 2.75) is 37.6 Å². The molecule has 0 aromatic carbocycles. The standard InChI is InChI=1S/C17H25N3O3/c1-18-16(22)17(9-5-8-14-7-3-4-11-19-14)10-6-12-20(17)15(21)13-23-2/h3-4,7,11H,5-6,8-10,12-13H2,1-2H3,(H,18,22)/t17-/m1/s1. The zero-order chi connectivity index (χ0) is 16.7. The van der Waals surface area contributed by atoms with Gasteiger partial charge in [0.15, 0.2) is 0 Å². The first kappa shape index (κ1) is 17.4. The van der Waals surface area contributed by atoms with Crippen LogP contribution in [0.3, 0.4) is 0 Å². The van der Waals surface area contributed by atoms with Gasteiger partial charge in [-0.1, -0.05) is 6.07 Å². The summed E-state index contributed by atoms with van der Waals surface area (Å²) in [4.78, 5) is 30.9. The predicted molar refractivity (Wildman–Crippen MR) is 86.8 cm³/mol. The summed E-state index contributed by atoms with van der Waals surface area (Å²) >= 11 is 0. The monoisotopic (exact) mass is 319 g/mol. The van der Waals surface area contributed by atoms with E-state index in [9.17, 15) is 9.59 Å². The Morgan fingerprint density at radius 1 is 1.43 bits per heavy atom. The molecule has 1 aliphatic rings. The summed E-state index contributed by atoms with van der Waals surface area (Å²) in [5, 5.41) is 2.73. The lowest BCUT2D eigenvalue weighted by molar-refractivity contribution is -0.147. The summed E-state index contributed by atoms with van der Waals surface area (Å²) in [6.45, 7) is 0.623. The Hall–Kier alpha value is -1.95. The Labute approximate surface area is 137 Å². The minimum atomic E-state index is -0.751. The number of aryl methyl sites for hydroxylation is 1. The average molecular weight is 319 g/mol. The van der Waals surface area contributed by atoms with Gasteiger partial charge in [0.1, 0.15) is 12.1 Å². The number of ether oxygens (including phenoxy) is 1. The van der Waals surface area contributed by atoms with Crippen molar-refractivity contribution in [3.63, 3.8) is 0 Å². The molecule has 1 fully saturated rings. The zero-order valence-electron chi connectivity index (χ0n) is 13.9. The third-order valence-corrected chi connectivity index (χ3v) is 4.46. The van der Waals surface area contributed by atoms with Gasteiger partial charge < -0.3 is 15.0 Å². The van der Waals surface area contributed by atoms with Crippen LogP contribution in [-0.2, 0) is 20.7 Å². The minimum Gasteiger partial charge on any atom is -0.375 e. The van der Waals surface area contributed by atoms with Gasteiger partial charge in [0, 0.05) is 32.6 Å². The van der Waals surface area contributed by atoms with Gasteiger partial charge in [-0.25, -0.2) is 0 Å². The predicted octanol–water partition coefficient (Wildman–Crippen LogP) is 1.16. The smallest absolute Gasteiger partial charge is 0.249 e. The van der Waals surface area contributed by atoms with Gasteiger partial charge in [-0.3, -0.25) is 14.6 Å². The molecule has 1 aromatic heterocycles. The van der Waals surface area contributed by atoms with E-state index in [2.05, 4.69) is 10.3 Å². The SMILES string of the molecule is CNC(=O)[C@@]1(CCCc2ccccn2)CCCN1C(=O)COC. The summed E-state index contributed by atoms with van der Waals surface area (Å²) in [7, 11) is 3.12. The highest BCUT2D eigenvalue weighted by atomic mass is 16.5. The van der Waals surface area contributed by atoms with E-state index in [1.165, 1.54) is 7.11 Å². The Morgan fingerprint density at radius 3 is 2.91 bits per heavy atom. The molecule has 2 rings (SSSR count). The molecule has 1 aromatic rings. The molecule has 126 valence electrons. The van der Waals surface area contributed by atoms with Crippen molar-refractivity contribution in [3.05, 3.63) is 30.1 Å². The van der Waals surface area contributed by atoms with Crippen LogP contribution in [-0.4, -0.2) is 54.5 Å². The van der Waals surface area contributed by atoms with Crippen molar-refractivity contribution >= 4 is 11.8 Å². The van der Waals surface area contributed by atoms with E-state index in [-0.39, 0.29) is 18.4 Å². The van der Waals surface area contributed by atoms with Gasteiger partial charge >= 0.3 is 0 Å². The third kappa shape index (κ3) is 3.88. The summed E-state index contributed by atoms with van der Waals surface area (Å²) in [5.41, 5.74) is 0.256. The zero-order valence-corrected chi connectivity index (χ0v) is 13.9. The maximum Gasteiger partial charge on any atom is 0.249 e. The molecule has 0 aliphatic carbocycles. The van der Waals surface area contributed by atoms with E-state index >= 15 is 0 Å². The van der Waals surface area contributed by atoms with Crippen LogP contribution < -0.4 is 5.32 Å². The van der Waals surface area contributed by atoms with Crippen molar-refractivity contribution in [2.75, 3.05) is 27.3 Å². The van der Waals surface area contributed by atoms with Crippen LogP contribution in [0.25, 0.3) is 0 Å². The molecule has 2 heterocycles. The van der Waals surface area contributed by atoms with Crippen molar-refractivity contribution in [1.82, 2.24) is 15.2 Å². The molecule has 23 heavy (non-hydrogen) atoms. The van der Waals surface area contributed by atoms with E-state index in [0.29, 0.717) is 19.4 Å². The van der Waals surface area contributed by atoms with Gasteiger partial charge in [-0.2, -0.15) is 0 Å². The average Bonchev–Trinajstić information content (AvgIpc) is 3.00. The van der Waals surface area contributed by atoms with Crippen LogP contribution in [0, 0.1) is 0 Å². The molecular formula is C17H25N3O3. The number of nitrogens with zero attached hydrogens (tertiary/aromatic N) is 2. The first-order valence-electron chi connectivity index (χ1n) is 8.05. The molecule has 2 amide bonds. The largest absolute Gasteiger partial charge is 0.375 e. The van der Waals surface area contributed by atoms with Gasteiger partial charge in [-0.15, -0.1) is 0 Å². The third-order valence-electron chi connectivity index (χ3n) is 4.46. The number of hydrogen-bond acceptors (Lipinski definition) is 4. The highest BCUT2D eigenvalue weighted by Gasteiger charge is 2.48. The second-order valence-corrected chi connectivity index (χ2v) is 5.87. The molecule has 0 radical (unpaired) electrons. The molecule has 1 saturated heterocycles. The van der Waals surface area contributed by atoms with Crippen LogP contribution in [0.2, 0.25) is 0 Å². The summed E-state index contributed by atoms with van der Waals surface area (Å²) in [6, 6.07) is 5.83. The molecule has 0 saturated carbocycles. The number of pyridine rings is 1. The second-order valence-electron chi connectivity index (χ2n) is 5.87. The van der Waals surface area contributed by atoms with Crippen LogP contribution in [0.1, 0.15) is 31.4 Å².